The van der Waals surface area contributed by atoms with Crippen LogP contribution in [0.15, 0.2) is 53.4 Å². The molecule has 1 aliphatic rings. The van der Waals surface area contributed by atoms with E-state index in [1.807, 2.05) is 31.2 Å². The van der Waals surface area contributed by atoms with Crippen LogP contribution in [0.1, 0.15) is 21.5 Å². The summed E-state index contributed by atoms with van der Waals surface area (Å²) in [5.41, 5.74) is 4.19. The second-order valence-corrected chi connectivity index (χ2v) is 7.35. The molecule has 2 aromatic carbocycles. The van der Waals surface area contributed by atoms with Crippen molar-refractivity contribution in [3.63, 3.8) is 0 Å². The molecule has 0 unspecified atom stereocenters. The van der Waals surface area contributed by atoms with Gasteiger partial charge in [0.1, 0.15) is 0 Å². The Kier molecular flexibility index (Phi) is 5.33. The third kappa shape index (κ3) is 4.21. The zero-order valence-electron chi connectivity index (χ0n) is 14.0. The lowest BCUT2D eigenvalue weighted by molar-refractivity contribution is -0.384. The first kappa shape index (κ1) is 18.7. The highest BCUT2D eigenvalue weighted by Crippen LogP contribution is 2.31. The van der Waals surface area contributed by atoms with Crippen LogP contribution in [-0.2, 0) is 4.79 Å². The van der Waals surface area contributed by atoms with Crippen molar-refractivity contribution in [1.29, 1.82) is 0 Å². The number of carbonyl (C=O) groups is 2. The lowest BCUT2D eigenvalue weighted by Crippen LogP contribution is -2.44. The van der Waals surface area contributed by atoms with Crippen molar-refractivity contribution >= 4 is 51.9 Å². The molecule has 0 radical (unpaired) electrons. The number of thiocarbonyl (C=S) groups is 1. The van der Waals surface area contributed by atoms with Crippen molar-refractivity contribution in [3.8, 4) is 0 Å². The fourth-order valence-electron chi connectivity index (χ4n) is 2.30. The molecule has 2 amide bonds. The number of nitrogens with zero attached hydrogens (tertiary/aromatic N) is 2. The molecule has 0 spiro atoms. The fourth-order valence-corrected chi connectivity index (χ4v) is 3.48. The van der Waals surface area contributed by atoms with Crippen molar-refractivity contribution < 1.29 is 14.5 Å². The maximum Gasteiger partial charge on any atom is 0.285 e. The molecule has 0 atom stereocenters. The summed E-state index contributed by atoms with van der Waals surface area (Å²) in [5.74, 6) is -1.11. The Morgan fingerprint density at radius 2 is 1.96 bits per heavy atom. The summed E-state index contributed by atoms with van der Waals surface area (Å²) >= 11 is 6.24. The molecule has 1 fully saturated rings. The molecule has 0 saturated carbocycles. The van der Waals surface area contributed by atoms with Gasteiger partial charge in [0.2, 0.25) is 0 Å². The van der Waals surface area contributed by atoms with Gasteiger partial charge in [0, 0.05) is 17.7 Å². The highest BCUT2D eigenvalue weighted by atomic mass is 32.2. The summed E-state index contributed by atoms with van der Waals surface area (Å²) in [6.07, 6.45) is 1.69. The van der Waals surface area contributed by atoms with Crippen molar-refractivity contribution in [2.75, 3.05) is 0 Å². The van der Waals surface area contributed by atoms with E-state index >= 15 is 0 Å². The number of hydrogen-bond donors (Lipinski definition) is 1. The molecule has 1 aliphatic heterocycles. The van der Waals surface area contributed by atoms with Crippen LogP contribution in [0.3, 0.4) is 0 Å². The van der Waals surface area contributed by atoms with E-state index in [2.05, 4.69) is 5.43 Å². The summed E-state index contributed by atoms with van der Waals surface area (Å²) in [4.78, 5) is 35.5. The Labute approximate surface area is 164 Å². The van der Waals surface area contributed by atoms with Crippen LogP contribution < -0.4 is 5.43 Å². The van der Waals surface area contributed by atoms with Crippen molar-refractivity contribution in [1.82, 2.24) is 10.4 Å². The van der Waals surface area contributed by atoms with Gasteiger partial charge in [-0.15, -0.1) is 0 Å². The van der Waals surface area contributed by atoms with E-state index in [0.717, 1.165) is 34.0 Å². The van der Waals surface area contributed by atoms with E-state index in [1.54, 1.807) is 6.08 Å². The summed E-state index contributed by atoms with van der Waals surface area (Å²) < 4.78 is 0.178. The second kappa shape index (κ2) is 7.68. The molecule has 0 aromatic heterocycles. The largest absolute Gasteiger partial charge is 0.285 e. The van der Waals surface area contributed by atoms with Crippen molar-refractivity contribution in [2.24, 2.45) is 0 Å². The van der Waals surface area contributed by atoms with Crippen molar-refractivity contribution in [3.05, 3.63) is 80.2 Å². The number of nitro groups is 1. The van der Waals surface area contributed by atoms with Crippen LogP contribution in [0.5, 0.6) is 0 Å². The molecule has 9 heteroatoms. The van der Waals surface area contributed by atoms with E-state index in [-0.39, 0.29) is 15.6 Å². The van der Waals surface area contributed by atoms with E-state index in [0.29, 0.717) is 4.91 Å². The molecule has 27 heavy (non-hydrogen) atoms. The maximum absolute atomic E-state index is 12.6. The van der Waals surface area contributed by atoms with E-state index < -0.39 is 16.7 Å². The Morgan fingerprint density at radius 3 is 2.63 bits per heavy atom. The molecule has 0 bridgehead atoms. The number of amides is 2. The minimum Gasteiger partial charge on any atom is -0.267 e. The summed E-state index contributed by atoms with van der Waals surface area (Å²) in [6.45, 7) is 1.96. The average Bonchev–Trinajstić information content (AvgIpc) is 2.91. The Morgan fingerprint density at radius 1 is 1.26 bits per heavy atom. The SMILES string of the molecule is Cc1ccc(/C=C2\SC(=S)N(NC(=O)c3cccc([N+](=O)[O-])c3)C2=O)cc1. The number of non-ortho nitro benzene ring substituents is 1. The molecule has 136 valence electrons. The molecule has 0 aliphatic carbocycles. The van der Waals surface area contributed by atoms with Crippen molar-refractivity contribution in [2.45, 2.75) is 6.92 Å². The van der Waals surface area contributed by atoms with Crippen LogP contribution in [0.2, 0.25) is 0 Å². The van der Waals surface area contributed by atoms with Gasteiger partial charge in [0.25, 0.3) is 17.5 Å². The average molecular weight is 399 g/mol. The van der Waals surface area contributed by atoms with Crippen LogP contribution in [0, 0.1) is 17.0 Å². The van der Waals surface area contributed by atoms with Crippen LogP contribution >= 0.6 is 24.0 Å². The third-order valence-electron chi connectivity index (χ3n) is 3.70. The van der Waals surface area contributed by atoms with Crippen LogP contribution in [-0.4, -0.2) is 26.1 Å². The first-order valence-electron chi connectivity index (χ1n) is 7.75. The molecular formula is C18H13N3O4S2. The van der Waals surface area contributed by atoms with Gasteiger partial charge in [0.15, 0.2) is 4.32 Å². The highest BCUT2D eigenvalue weighted by Gasteiger charge is 2.33. The fraction of sp³-hybridized carbons (Fsp3) is 0.0556. The van der Waals surface area contributed by atoms with Gasteiger partial charge >= 0.3 is 0 Å². The zero-order valence-corrected chi connectivity index (χ0v) is 15.7. The number of aryl methyl sites for hydroxylation is 1. The number of nitrogens with one attached hydrogen (secondary N) is 1. The first-order valence-corrected chi connectivity index (χ1v) is 8.98. The lowest BCUT2D eigenvalue weighted by Gasteiger charge is -2.15. The molecular weight excluding hydrogens is 386 g/mol. The smallest absolute Gasteiger partial charge is 0.267 e. The third-order valence-corrected chi connectivity index (χ3v) is 5.00. The zero-order chi connectivity index (χ0) is 19.6. The van der Waals surface area contributed by atoms with Gasteiger partial charge in [-0.1, -0.05) is 47.7 Å². The predicted octanol–water partition coefficient (Wildman–Crippen LogP) is 3.45. The normalized spacial score (nSPS) is 15.3. The highest BCUT2D eigenvalue weighted by molar-refractivity contribution is 8.26. The molecule has 1 N–H and O–H groups in total. The summed E-state index contributed by atoms with van der Waals surface area (Å²) in [6, 6.07) is 12.8. The molecule has 3 rings (SSSR count). The lowest BCUT2D eigenvalue weighted by atomic mass is 10.1. The number of thioether (sulfide) groups is 1. The predicted molar refractivity (Wildman–Crippen MR) is 107 cm³/mol. The Hall–Kier alpha value is -3.04. The molecule has 2 aromatic rings. The number of hydrogen-bond acceptors (Lipinski definition) is 6. The topological polar surface area (TPSA) is 92.6 Å². The number of carbonyl (C=O) groups excluding carboxylic acids is 2. The molecule has 1 saturated heterocycles. The van der Waals surface area contributed by atoms with E-state index in [9.17, 15) is 19.7 Å². The van der Waals surface area contributed by atoms with Gasteiger partial charge in [-0.2, -0.15) is 5.01 Å². The number of nitro benzene ring substituents is 1. The van der Waals surface area contributed by atoms with E-state index in [4.69, 9.17) is 12.2 Å². The van der Waals surface area contributed by atoms with Gasteiger partial charge in [-0.05, 0) is 36.8 Å². The minimum atomic E-state index is -0.661. The molecule has 7 nitrogen and oxygen atoms in total. The number of rotatable bonds is 4. The second-order valence-electron chi connectivity index (χ2n) is 5.68. The Balaban J connectivity index is 1.77. The summed E-state index contributed by atoms with van der Waals surface area (Å²) in [7, 11) is 0. The standard InChI is InChI=1S/C18H13N3O4S2/c1-11-5-7-12(8-6-11)9-15-17(23)20(18(26)27-15)19-16(22)13-3-2-4-14(10-13)21(24)25/h2-10H,1H3,(H,19,22)/b15-9-. The minimum absolute atomic E-state index is 0.0563. The van der Waals surface area contributed by atoms with Gasteiger partial charge in [-0.3, -0.25) is 25.1 Å². The quantitative estimate of drug-likeness (QED) is 0.366. The number of benzene rings is 2. The number of hydrazine groups is 1. The van der Waals surface area contributed by atoms with E-state index in [1.165, 1.54) is 18.2 Å². The van der Waals surface area contributed by atoms with Crippen LogP contribution in [0.25, 0.3) is 6.08 Å². The van der Waals surface area contributed by atoms with Gasteiger partial charge < -0.3 is 0 Å². The molecule has 1 heterocycles. The van der Waals surface area contributed by atoms with Crippen LogP contribution in [0.4, 0.5) is 5.69 Å². The summed E-state index contributed by atoms with van der Waals surface area (Å²) in [5, 5.41) is 11.8. The van der Waals surface area contributed by atoms with Gasteiger partial charge in [0.05, 0.1) is 9.83 Å². The van der Waals surface area contributed by atoms with Gasteiger partial charge in [-0.25, -0.2) is 0 Å². The monoisotopic (exact) mass is 399 g/mol. The Bertz CT molecular complexity index is 986. The maximum atomic E-state index is 12.6. The first-order chi connectivity index (χ1) is 12.8.